The van der Waals surface area contributed by atoms with Crippen LogP contribution in [0.25, 0.3) is 75.9 Å². The Labute approximate surface area is 771 Å². The molecule has 0 saturated heterocycles. The lowest BCUT2D eigenvalue weighted by molar-refractivity contribution is -0.143. The zero-order chi connectivity index (χ0) is 91.9. The van der Waals surface area contributed by atoms with Gasteiger partial charge >= 0.3 is 6.18 Å². The standard InChI is InChI=1S/C24H21F3N4O.C23H22N2P.2C13H12N4.C8H8N2O.C8H6N2O.C6H8N2O.C5H7ClN2.ClH/c1-30-12-10-28-22(30)6-5-17-8-11-31-21(16-29-23(31)15-17)19-4-2-3-18(13-19)14-20(32)7-9-24(25,26)27;1-25-18-17-24-23(25)19-26(20-11-5-2-6-12-20,21-13-7-3-8-14-21)22-15-9-4-10-16-22;2*1-16-8-5-14-12(16)3-2-11-4-7-17-9-6-15-13(17)10-11;2*11-6-7-1-3-10-4-2-9-8(10)5-7;7-6-3-5(4-9)1-2-8-6;1-8-3-2-7-5(8)4-6;/h2-6,8,10-13,15-16H,7,9,14H2,1H3;2-18H,19H2,1H3;2*2-10H,1H3;1-5,11H,6H2;1-6H;1-3,9H,4H2,(H2,7,8);2-3H,4H2,1H3;1H/q;+1;;;;;;;/p-1/b6-5+;;2*3-2+;;;;;. The third-order valence-electron chi connectivity index (χ3n) is 20.7. The Kier molecular flexibility index (Phi) is 34.1. The summed E-state index contributed by atoms with van der Waals surface area (Å²) in [5, 5.41) is 21.5. The van der Waals surface area contributed by atoms with E-state index >= 15 is 0 Å². The number of aromatic nitrogens is 21. The summed E-state index contributed by atoms with van der Waals surface area (Å²) in [7, 11) is 8.03. The predicted molar refractivity (Wildman–Crippen MR) is 513 cm³/mol. The third-order valence-corrected chi connectivity index (χ3v) is 25.2. The average Bonchev–Trinajstić information content (AvgIpc) is 0.858. The number of hydrogen-bond acceptors (Lipinski definition) is 16. The fourth-order valence-electron chi connectivity index (χ4n) is 13.6. The molecule has 4 N–H and O–H groups in total. The molecule has 0 spiro atoms. The first-order valence-electron chi connectivity index (χ1n) is 41.4. The Morgan fingerprint density at radius 3 is 1.22 bits per heavy atom. The molecule has 0 aliphatic carbocycles. The van der Waals surface area contributed by atoms with E-state index in [0.29, 0.717) is 22.8 Å². The van der Waals surface area contributed by atoms with Crippen LogP contribution in [0, 0.1) is 0 Å². The summed E-state index contributed by atoms with van der Waals surface area (Å²) in [4.78, 5) is 68.5. The van der Waals surface area contributed by atoms with Crippen LogP contribution >= 0.6 is 18.9 Å². The minimum atomic E-state index is -4.32. The van der Waals surface area contributed by atoms with Crippen molar-refractivity contribution >= 4 is 117 Å². The average molecular weight is 1830 g/mol. The molecule has 132 heavy (non-hydrogen) atoms. The molecule has 26 nitrogen and oxygen atoms in total. The van der Waals surface area contributed by atoms with Gasteiger partial charge in [-0.25, -0.2) is 54.8 Å². The number of carbonyl (C=O) groups is 2. The summed E-state index contributed by atoms with van der Waals surface area (Å²) in [6, 6.07) is 62.7. The Bertz CT molecular complexity index is 6910. The molecule has 0 amide bonds. The molecule has 0 aliphatic rings. The van der Waals surface area contributed by atoms with Gasteiger partial charge in [0.1, 0.15) is 105 Å². The van der Waals surface area contributed by atoms with Gasteiger partial charge < -0.3 is 68.8 Å². The molecule has 20 rings (SSSR count). The van der Waals surface area contributed by atoms with Crippen molar-refractivity contribution in [2.45, 2.75) is 50.7 Å². The summed E-state index contributed by atoms with van der Waals surface area (Å²) in [6.45, 7) is 0.0933. The summed E-state index contributed by atoms with van der Waals surface area (Å²) in [5.74, 6) is 5.26. The molecule has 0 radical (unpaired) electrons. The molecule has 16 aromatic heterocycles. The molecule has 0 atom stereocenters. The van der Waals surface area contributed by atoms with Gasteiger partial charge in [0.15, 0.2) is 0 Å². The highest BCUT2D eigenvalue weighted by Crippen LogP contribution is 2.58. The van der Waals surface area contributed by atoms with Crippen LogP contribution in [0.1, 0.15) is 85.7 Å². The minimum absolute atomic E-state index is 0. The maximum atomic E-state index is 12.3. The number of hydrogen-bond donors (Lipinski definition) is 3. The summed E-state index contributed by atoms with van der Waals surface area (Å²) < 4.78 is 56.6. The fourth-order valence-corrected chi connectivity index (χ4v) is 18.1. The summed E-state index contributed by atoms with van der Waals surface area (Å²) >= 11 is 5.49. The lowest BCUT2D eigenvalue weighted by Crippen LogP contribution is -3.00. The number of benzene rings is 4. The van der Waals surface area contributed by atoms with E-state index in [1.807, 2.05) is 259 Å². The molecule has 32 heteroatoms. The maximum absolute atomic E-state index is 12.3. The Balaban J connectivity index is 0.000000142. The largest absolute Gasteiger partial charge is 1.00 e. The van der Waals surface area contributed by atoms with E-state index in [1.165, 1.54) is 15.9 Å². The summed E-state index contributed by atoms with van der Waals surface area (Å²) in [5.41, 5.74) is 17.6. The zero-order valence-corrected chi connectivity index (χ0v) is 75.2. The molecule has 670 valence electrons. The number of nitrogen functional groups attached to an aromatic ring is 1. The number of fused-ring (bicyclic) bond motifs is 5. The first-order valence-corrected chi connectivity index (χ1v) is 43.9. The van der Waals surface area contributed by atoms with Gasteiger partial charge in [-0.05, 0) is 167 Å². The molecule has 16 heterocycles. The first kappa shape index (κ1) is 95.7. The van der Waals surface area contributed by atoms with Crippen LogP contribution in [0.2, 0.25) is 0 Å². The molecule has 20 aromatic rings. The number of nitrogens with zero attached hydrogens (tertiary/aromatic N) is 21. The number of rotatable bonds is 20. The smallest absolute Gasteiger partial charge is 0.389 e. The second-order valence-electron chi connectivity index (χ2n) is 29.8. The number of carbonyl (C=O) groups excluding carboxylic acids is 2. The van der Waals surface area contributed by atoms with Crippen LogP contribution < -0.4 is 34.1 Å². The Hall–Kier alpha value is -15.4. The monoisotopic (exact) mass is 1830 g/mol. The summed E-state index contributed by atoms with van der Waals surface area (Å²) in [6.07, 6.45) is 53.8. The second kappa shape index (κ2) is 47.1. The van der Waals surface area contributed by atoms with Crippen LogP contribution in [-0.4, -0.2) is 128 Å². The number of halogens is 5. The van der Waals surface area contributed by atoms with Gasteiger partial charge in [0.25, 0.3) is 0 Å². The lowest BCUT2D eigenvalue weighted by Gasteiger charge is -2.27. The highest BCUT2D eigenvalue weighted by atomic mass is 35.5. The first-order chi connectivity index (χ1) is 63.7. The highest BCUT2D eigenvalue weighted by molar-refractivity contribution is 7.95. The van der Waals surface area contributed by atoms with Crippen LogP contribution in [-0.2, 0) is 71.7 Å². The van der Waals surface area contributed by atoms with Crippen LogP contribution in [0.3, 0.4) is 0 Å². The van der Waals surface area contributed by atoms with Crippen molar-refractivity contribution in [3.63, 3.8) is 0 Å². The van der Waals surface area contributed by atoms with Crippen molar-refractivity contribution in [1.29, 1.82) is 0 Å². The third kappa shape index (κ3) is 26.4. The van der Waals surface area contributed by atoms with Crippen molar-refractivity contribution in [1.82, 2.24) is 99.7 Å². The van der Waals surface area contributed by atoms with E-state index in [-0.39, 0.29) is 32.0 Å². The fraction of sp³-hybridized carbons (Fsp3) is 0.130. The van der Waals surface area contributed by atoms with Crippen molar-refractivity contribution in [2.75, 3.05) is 5.73 Å². The number of ketones is 1. The minimum Gasteiger partial charge on any atom is -1.00 e. The number of Topliss-reactive ketones (excluding diaryl/α,β-unsaturated/α-hetero) is 1. The molecule has 0 aliphatic heterocycles. The van der Waals surface area contributed by atoms with E-state index in [9.17, 15) is 22.8 Å². The molecular weight excluding hydrogens is 1730 g/mol. The lowest BCUT2D eigenvalue weighted by atomic mass is 10.0. The predicted octanol–water partition coefficient (Wildman–Crippen LogP) is 14.0. The van der Waals surface area contributed by atoms with Crippen LogP contribution in [0.15, 0.2) is 343 Å². The number of imidazole rings is 10. The molecule has 0 bridgehead atoms. The Morgan fingerprint density at radius 2 is 0.811 bits per heavy atom. The van der Waals surface area contributed by atoms with E-state index in [1.54, 1.807) is 98.4 Å². The molecule has 4 aromatic carbocycles. The second-order valence-corrected chi connectivity index (χ2v) is 33.5. The number of aliphatic hydroxyl groups excluding tert-OH is 2. The number of pyridine rings is 6. The zero-order valence-electron chi connectivity index (χ0n) is 72.8. The van der Waals surface area contributed by atoms with E-state index in [2.05, 4.69) is 157 Å². The van der Waals surface area contributed by atoms with Gasteiger partial charge in [-0.15, -0.1) is 11.6 Å². The van der Waals surface area contributed by atoms with Gasteiger partial charge in [0, 0.05) is 208 Å². The highest BCUT2D eigenvalue weighted by Gasteiger charge is 2.46. The van der Waals surface area contributed by atoms with Crippen LogP contribution in [0.4, 0.5) is 19.0 Å². The molecule has 0 unspecified atom stereocenters. The number of nitrogens with two attached hydrogens (primary N) is 1. The van der Waals surface area contributed by atoms with Crippen molar-refractivity contribution in [2.24, 2.45) is 35.2 Å². The van der Waals surface area contributed by atoms with E-state index < -0.39 is 32.1 Å². The van der Waals surface area contributed by atoms with Crippen molar-refractivity contribution in [3.8, 4) is 11.3 Å². The van der Waals surface area contributed by atoms with Gasteiger partial charge in [0.2, 0.25) is 0 Å². The number of alkyl halides is 4. The number of anilines is 1. The maximum Gasteiger partial charge on any atom is 0.389 e. The van der Waals surface area contributed by atoms with Gasteiger partial charge in [-0.2, -0.15) is 13.2 Å². The SMILES string of the molecule is Cn1ccnc1/C=C/c1ccn2c(-c3cccc(CC(=O)CCC(F)(F)F)c3)cnc2c1.Cn1ccnc1/C=C/c1ccn2ccnc2c1.Cn1ccnc1/C=C/c1ccn2ccnc2c1.Cn1ccnc1CCl.Cn1ccnc1C[P+](c1ccccc1)(c1ccccc1)c1ccccc1.Nc1cc(CO)ccn1.O=Cc1ccn2ccnc2c1.OCc1ccn2ccnc2c1.[Cl-]. The van der Waals surface area contributed by atoms with E-state index in [4.69, 9.17) is 27.5 Å². The van der Waals surface area contributed by atoms with Gasteiger partial charge in [-0.3, -0.25) is 14.0 Å². The van der Waals surface area contributed by atoms with Crippen LogP contribution in [0.5, 0.6) is 0 Å². The quantitative estimate of drug-likeness (QED) is 0.0363. The molecule has 0 saturated carbocycles. The molecule has 0 fully saturated rings. The van der Waals surface area contributed by atoms with Crippen molar-refractivity contribution in [3.05, 3.63) is 411 Å². The topological polar surface area (TPSA) is 289 Å². The number of aldehydes is 1. The van der Waals surface area contributed by atoms with Gasteiger partial charge in [-0.1, -0.05) is 91.0 Å². The number of aryl methyl sites for hydroxylation is 5. The van der Waals surface area contributed by atoms with Crippen molar-refractivity contribution < 1.29 is 45.4 Å². The number of aliphatic hydroxyl groups is 2. The Morgan fingerprint density at radius 1 is 0.402 bits per heavy atom. The van der Waals surface area contributed by atoms with E-state index in [0.717, 1.165) is 109 Å². The normalized spacial score (nSPS) is 11.1. The van der Waals surface area contributed by atoms with Gasteiger partial charge in [0.05, 0.1) is 37.4 Å². The molecular formula is C100H96Cl2F3N22O4P.